The van der Waals surface area contributed by atoms with E-state index in [1.165, 1.54) is 18.2 Å². The second-order valence-electron chi connectivity index (χ2n) is 6.15. The fourth-order valence-corrected chi connectivity index (χ4v) is 2.74. The number of carboxylic acids is 1. The SMILES string of the molecule is O=C(CCc1ccc(O)c(O)c1)O[C@@H]1C[C@@](O)(C(=O)O)C[C@@H](O)[C@@H]1O. The molecule has 25 heavy (non-hydrogen) atoms. The Morgan fingerprint density at radius 1 is 1.16 bits per heavy atom. The quantitative estimate of drug-likeness (QED) is 0.295. The van der Waals surface area contributed by atoms with E-state index in [1.807, 2.05) is 0 Å². The number of esters is 1. The van der Waals surface area contributed by atoms with E-state index < -0.39 is 48.7 Å². The number of aryl methyl sites for hydroxylation is 1. The Hall–Kier alpha value is -2.36. The van der Waals surface area contributed by atoms with Gasteiger partial charge in [-0.2, -0.15) is 0 Å². The van der Waals surface area contributed by atoms with Gasteiger partial charge in [0.25, 0.3) is 0 Å². The van der Waals surface area contributed by atoms with Crippen LogP contribution in [0.1, 0.15) is 24.8 Å². The summed E-state index contributed by atoms with van der Waals surface area (Å²) in [5.41, 5.74) is -1.73. The molecule has 0 spiro atoms. The summed E-state index contributed by atoms with van der Waals surface area (Å²) in [6, 6.07) is 4.06. The molecule has 0 radical (unpaired) electrons. The fourth-order valence-electron chi connectivity index (χ4n) is 2.74. The lowest BCUT2D eigenvalue weighted by Gasteiger charge is -2.39. The first-order chi connectivity index (χ1) is 11.6. The van der Waals surface area contributed by atoms with Gasteiger partial charge in [0.2, 0.25) is 0 Å². The molecule has 0 saturated heterocycles. The number of rotatable bonds is 5. The van der Waals surface area contributed by atoms with E-state index in [0.29, 0.717) is 5.56 Å². The molecule has 2 rings (SSSR count). The highest BCUT2D eigenvalue weighted by atomic mass is 16.6. The number of carbonyl (C=O) groups is 2. The van der Waals surface area contributed by atoms with Crippen LogP contribution in [0.5, 0.6) is 11.5 Å². The summed E-state index contributed by atoms with van der Waals surface area (Å²) in [5, 5.41) is 57.2. The van der Waals surface area contributed by atoms with Gasteiger partial charge in [-0.1, -0.05) is 6.07 Å². The van der Waals surface area contributed by atoms with Crippen molar-refractivity contribution in [2.24, 2.45) is 0 Å². The summed E-state index contributed by atoms with van der Waals surface area (Å²) in [6.45, 7) is 0. The molecule has 6 N–H and O–H groups in total. The molecule has 9 nitrogen and oxygen atoms in total. The lowest BCUT2D eigenvalue weighted by atomic mass is 9.79. The third-order valence-electron chi connectivity index (χ3n) is 4.20. The Labute approximate surface area is 142 Å². The number of aliphatic carboxylic acids is 1. The van der Waals surface area contributed by atoms with Crippen LogP contribution in [-0.2, 0) is 20.7 Å². The molecule has 1 saturated carbocycles. The van der Waals surface area contributed by atoms with Gasteiger partial charge in [-0.3, -0.25) is 4.79 Å². The Bertz CT molecular complexity index is 659. The minimum Gasteiger partial charge on any atom is -0.504 e. The fraction of sp³-hybridized carbons (Fsp3) is 0.500. The topological polar surface area (TPSA) is 165 Å². The highest BCUT2D eigenvalue weighted by Crippen LogP contribution is 2.31. The van der Waals surface area contributed by atoms with Crippen molar-refractivity contribution in [1.29, 1.82) is 0 Å². The maximum atomic E-state index is 11.9. The maximum Gasteiger partial charge on any atom is 0.335 e. The number of phenols is 2. The minimum absolute atomic E-state index is 0.144. The number of ether oxygens (including phenoxy) is 1. The van der Waals surface area contributed by atoms with Crippen molar-refractivity contribution in [2.45, 2.75) is 49.6 Å². The largest absolute Gasteiger partial charge is 0.504 e. The van der Waals surface area contributed by atoms with Crippen LogP contribution >= 0.6 is 0 Å². The van der Waals surface area contributed by atoms with E-state index in [2.05, 4.69) is 0 Å². The van der Waals surface area contributed by atoms with Gasteiger partial charge in [-0.25, -0.2) is 4.79 Å². The first-order valence-electron chi connectivity index (χ1n) is 7.64. The smallest absolute Gasteiger partial charge is 0.335 e. The van der Waals surface area contributed by atoms with Gasteiger partial charge < -0.3 is 35.4 Å². The summed E-state index contributed by atoms with van der Waals surface area (Å²) in [7, 11) is 0. The standard InChI is InChI=1S/C16H20O9/c17-9-3-1-8(5-10(9)18)2-4-13(20)25-12-7-16(24,15(22)23)6-11(19)14(12)21/h1,3,5,11-12,14,17-19,21,24H,2,4,6-7H2,(H,22,23)/t11-,12-,14+,16-/m1/s1. The van der Waals surface area contributed by atoms with E-state index in [9.17, 15) is 35.1 Å². The van der Waals surface area contributed by atoms with Crippen LogP contribution in [-0.4, -0.2) is 66.5 Å². The lowest BCUT2D eigenvalue weighted by Crippen LogP contribution is -2.57. The molecule has 1 fully saturated rings. The Balaban J connectivity index is 1.96. The molecule has 1 aliphatic carbocycles. The van der Waals surface area contributed by atoms with Crippen LogP contribution in [0.3, 0.4) is 0 Å². The predicted molar refractivity (Wildman–Crippen MR) is 81.8 cm³/mol. The van der Waals surface area contributed by atoms with Gasteiger partial charge in [-0.15, -0.1) is 0 Å². The van der Waals surface area contributed by atoms with Crippen LogP contribution in [0.15, 0.2) is 18.2 Å². The van der Waals surface area contributed by atoms with Crippen molar-refractivity contribution >= 4 is 11.9 Å². The van der Waals surface area contributed by atoms with Gasteiger partial charge in [0.15, 0.2) is 17.1 Å². The van der Waals surface area contributed by atoms with Crippen molar-refractivity contribution in [1.82, 2.24) is 0 Å². The van der Waals surface area contributed by atoms with Crippen LogP contribution < -0.4 is 0 Å². The molecule has 9 heteroatoms. The van der Waals surface area contributed by atoms with Gasteiger partial charge in [0.1, 0.15) is 12.2 Å². The highest BCUT2D eigenvalue weighted by Gasteiger charge is 2.50. The predicted octanol–water partition coefficient (Wildman–Crippen LogP) is -0.727. The van der Waals surface area contributed by atoms with Crippen LogP contribution in [0, 0.1) is 0 Å². The van der Waals surface area contributed by atoms with Crippen LogP contribution in [0.25, 0.3) is 0 Å². The molecule has 4 atom stereocenters. The molecule has 0 unspecified atom stereocenters. The van der Waals surface area contributed by atoms with E-state index in [4.69, 9.17) is 9.84 Å². The minimum atomic E-state index is -2.29. The number of aliphatic hydroxyl groups excluding tert-OH is 2. The molecule has 0 bridgehead atoms. The van der Waals surface area contributed by atoms with Crippen LogP contribution in [0.2, 0.25) is 0 Å². The number of aliphatic hydroxyl groups is 3. The second kappa shape index (κ2) is 7.26. The number of carbonyl (C=O) groups excluding carboxylic acids is 1. The number of hydrogen-bond acceptors (Lipinski definition) is 8. The number of aromatic hydroxyl groups is 2. The summed E-state index contributed by atoms with van der Waals surface area (Å²) in [6.07, 6.45) is -5.47. The Morgan fingerprint density at radius 2 is 1.84 bits per heavy atom. The second-order valence-corrected chi connectivity index (χ2v) is 6.15. The van der Waals surface area contributed by atoms with Gasteiger partial charge >= 0.3 is 11.9 Å². The van der Waals surface area contributed by atoms with E-state index in [-0.39, 0.29) is 24.3 Å². The monoisotopic (exact) mass is 356 g/mol. The summed E-state index contributed by atoms with van der Waals surface area (Å²) in [4.78, 5) is 23.0. The van der Waals surface area contributed by atoms with Crippen molar-refractivity contribution in [3.05, 3.63) is 23.8 Å². The Kier molecular flexibility index (Phi) is 5.51. The zero-order chi connectivity index (χ0) is 18.8. The molecular weight excluding hydrogens is 336 g/mol. The highest BCUT2D eigenvalue weighted by molar-refractivity contribution is 5.77. The number of carboxylic acid groups (broad SMARTS) is 1. The molecule has 1 aromatic carbocycles. The van der Waals surface area contributed by atoms with Crippen molar-refractivity contribution in [3.63, 3.8) is 0 Å². The van der Waals surface area contributed by atoms with E-state index in [1.54, 1.807) is 0 Å². The van der Waals surface area contributed by atoms with E-state index in [0.717, 1.165) is 0 Å². The third kappa shape index (κ3) is 4.38. The first-order valence-corrected chi connectivity index (χ1v) is 7.64. The molecule has 0 amide bonds. The molecule has 0 aliphatic heterocycles. The Morgan fingerprint density at radius 3 is 2.44 bits per heavy atom. The molecule has 0 heterocycles. The van der Waals surface area contributed by atoms with Crippen LogP contribution in [0.4, 0.5) is 0 Å². The summed E-state index contributed by atoms with van der Waals surface area (Å²) < 4.78 is 5.01. The van der Waals surface area contributed by atoms with Crippen molar-refractivity contribution in [3.8, 4) is 11.5 Å². The molecule has 138 valence electrons. The molecular formula is C16H20O9. The van der Waals surface area contributed by atoms with Gasteiger partial charge in [0, 0.05) is 19.3 Å². The van der Waals surface area contributed by atoms with Crippen molar-refractivity contribution < 1.29 is 45.0 Å². The maximum absolute atomic E-state index is 11.9. The number of hydrogen-bond donors (Lipinski definition) is 6. The number of phenolic OH excluding ortho intramolecular Hbond substituents is 2. The van der Waals surface area contributed by atoms with Gasteiger partial charge in [-0.05, 0) is 24.1 Å². The summed E-state index contributed by atoms with van der Waals surface area (Å²) >= 11 is 0. The molecule has 0 aromatic heterocycles. The third-order valence-corrected chi connectivity index (χ3v) is 4.20. The molecule has 1 aromatic rings. The van der Waals surface area contributed by atoms with Gasteiger partial charge in [0.05, 0.1) is 6.10 Å². The number of benzene rings is 1. The first kappa shape index (κ1) is 19.0. The average molecular weight is 356 g/mol. The normalized spacial score (nSPS) is 29.2. The van der Waals surface area contributed by atoms with Crippen molar-refractivity contribution in [2.75, 3.05) is 0 Å². The lowest BCUT2D eigenvalue weighted by molar-refractivity contribution is -0.198. The average Bonchev–Trinajstić information content (AvgIpc) is 2.53. The summed E-state index contributed by atoms with van der Waals surface area (Å²) in [5.74, 6) is -2.96. The zero-order valence-corrected chi connectivity index (χ0v) is 13.2. The van der Waals surface area contributed by atoms with E-state index >= 15 is 0 Å². The zero-order valence-electron chi connectivity index (χ0n) is 13.2. The molecule has 1 aliphatic rings.